The third-order valence-electron chi connectivity index (χ3n) is 3.62. The summed E-state index contributed by atoms with van der Waals surface area (Å²) < 4.78 is 0. The minimum absolute atomic E-state index is 0.113. The first kappa shape index (κ1) is 13.5. The number of hydrogen-bond acceptors (Lipinski definition) is 2. The highest BCUT2D eigenvalue weighted by Gasteiger charge is 2.18. The molecule has 0 radical (unpaired) electrons. The highest BCUT2D eigenvalue weighted by Crippen LogP contribution is 2.38. The van der Waals surface area contributed by atoms with Gasteiger partial charge in [0.05, 0.1) is 5.38 Å². The molecule has 0 bridgehead atoms. The van der Waals surface area contributed by atoms with Crippen LogP contribution in [0.1, 0.15) is 31.8 Å². The van der Waals surface area contributed by atoms with Gasteiger partial charge in [0, 0.05) is 15.5 Å². The summed E-state index contributed by atoms with van der Waals surface area (Å²) >= 11 is 10.6. The predicted molar refractivity (Wildman–Crippen MR) is 87.7 cm³/mol. The molecule has 0 N–H and O–H groups in total. The smallest absolute Gasteiger partial charge is 0.0719 e. The molecule has 0 aliphatic carbocycles. The Labute approximate surface area is 128 Å². The Kier molecular flexibility index (Phi) is 4.21. The van der Waals surface area contributed by atoms with Gasteiger partial charge in [0.1, 0.15) is 0 Å². The van der Waals surface area contributed by atoms with E-state index in [2.05, 4.69) is 37.3 Å². The zero-order chi connectivity index (χ0) is 13.2. The maximum absolute atomic E-state index is 6.64. The molecule has 0 amide bonds. The molecule has 19 heavy (non-hydrogen) atoms. The summed E-state index contributed by atoms with van der Waals surface area (Å²) in [4.78, 5) is 2.90. The molecule has 0 spiro atoms. The van der Waals surface area contributed by atoms with Gasteiger partial charge in [-0.3, -0.25) is 0 Å². The standard InChI is InChI=1S/C16H17ClS2/c1-11-4-2-3-5-12(11)8-14(17)16-9-13-10-18-7-6-15(13)19-16/h2-5,9,14H,6-8,10H2,1H3. The Morgan fingerprint density at radius 1 is 1.32 bits per heavy atom. The van der Waals surface area contributed by atoms with Crippen LogP contribution in [0, 0.1) is 6.92 Å². The Morgan fingerprint density at radius 2 is 2.16 bits per heavy atom. The molecule has 1 atom stereocenters. The third-order valence-corrected chi connectivity index (χ3v) is 6.49. The zero-order valence-corrected chi connectivity index (χ0v) is 13.4. The van der Waals surface area contributed by atoms with E-state index in [4.69, 9.17) is 11.6 Å². The monoisotopic (exact) mass is 308 g/mol. The van der Waals surface area contributed by atoms with Crippen LogP contribution in [-0.4, -0.2) is 5.75 Å². The second-order valence-corrected chi connectivity index (χ2v) is 7.80. The minimum Gasteiger partial charge on any atom is -0.157 e. The second-order valence-electron chi connectivity index (χ2n) is 5.00. The van der Waals surface area contributed by atoms with Crippen molar-refractivity contribution in [1.29, 1.82) is 0 Å². The summed E-state index contributed by atoms with van der Waals surface area (Å²) in [6.45, 7) is 2.16. The molecule has 1 unspecified atom stereocenters. The van der Waals surface area contributed by atoms with Gasteiger partial charge in [-0.25, -0.2) is 0 Å². The maximum Gasteiger partial charge on any atom is 0.0719 e. The number of thiophene rings is 1. The van der Waals surface area contributed by atoms with E-state index in [1.165, 1.54) is 39.5 Å². The summed E-state index contributed by atoms with van der Waals surface area (Å²) in [7, 11) is 0. The van der Waals surface area contributed by atoms with Gasteiger partial charge < -0.3 is 0 Å². The lowest BCUT2D eigenvalue weighted by atomic mass is 10.0. The fraction of sp³-hybridized carbons (Fsp3) is 0.375. The number of benzene rings is 1. The van der Waals surface area contributed by atoms with Crippen molar-refractivity contribution in [3.8, 4) is 0 Å². The molecule has 3 heteroatoms. The van der Waals surface area contributed by atoms with Crippen LogP contribution in [0.15, 0.2) is 30.3 Å². The lowest BCUT2D eigenvalue weighted by Crippen LogP contribution is -1.96. The van der Waals surface area contributed by atoms with Crippen LogP contribution in [0.5, 0.6) is 0 Å². The lowest BCUT2D eigenvalue weighted by molar-refractivity contribution is 0.929. The van der Waals surface area contributed by atoms with E-state index < -0.39 is 0 Å². The van der Waals surface area contributed by atoms with Crippen LogP contribution in [0.25, 0.3) is 0 Å². The van der Waals surface area contributed by atoms with Gasteiger partial charge in [0.2, 0.25) is 0 Å². The van der Waals surface area contributed by atoms with Crippen molar-refractivity contribution in [3.05, 3.63) is 56.8 Å². The molecule has 2 heterocycles. The van der Waals surface area contributed by atoms with E-state index in [0.717, 1.165) is 6.42 Å². The van der Waals surface area contributed by atoms with Gasteiger partial charge in [-0.05, 0) is 48.3 Å². The number of rotatable bonds is 3. The third kappa shape index (κ3) is 3.01. The molecule has 0 fully saturated rings. The average molecular weight is 309 g/mol. The number of halogens is 1. The quantitative estimate of drug-likeness (QED) is 0.687. The molecule has 1 aliphatic heterocycles. The highest BCUT2D eigenvalue weighted by molar-refractivity contribution is 7.98. The van der Waals surface area contributed by atoms with Crippen LogP contribution in [0.3, 0.4) is 0 Å². The number of hydrogen-bond donors (Lipinski definition) is 0. The van der Waals surface area contributed by atoms with E-state index in [9.17, 15) is 0 Å². The predicted octanol–water partition coefficient (Wildman–Crippen LogP) is 5.37. The van der Waals surface area contributed by atoms with Crippen molar-refractivity contribution in [1.82, 2.24) is 0 Å². The van der Waals surface area contributed by atoms with Gasteiger partial charge in [0.25, 0.3) is 0 Å². The number of alkyl halides is 1. The Hall–Kier alpha value is -0.440. The maximum atomic E-state index is 6.64. The normalized spacial score (nSPS) is 16.1. The van der Waals surface area contributed by atoms with Gasteiger partial charge in [-0.2, -0.15) is 11.8 Å². The van der Waals surface area contributed by atoms with Crippen molar-refractivity contribution in [3.63, 3.8) is 0 Å². The summed E-state index contributed by atoms with van der Waals surface area (Å²) in [6, 6.07) is 10.9. The van der Waals surface area contributed by atoms with Gasteiger partial charge in [0.15, 0.2) is 0 Å². The zero-order valence-electron chi connectivity index (χ0n) is 11.0. The molecular formula is C16H17ClS2. The Morgan fingerprint density at radius 3 is 2.95 bits per heavy atom. The SMILES string of the molecule is Cc1ccccc1CC(Cl)c1cc2c(s1)CCSC2. The summed E-state index contributed by atoms with van der Waals surface area (Å²) in [6.07, 6.45) is 2.15. The summed E-state index contributed by atoms with van der Waals surface area (Å²) in [5.74, 6) is 2.43. The van der Waals surface area contributed by atoms with Crippen LogP contribution in [0.4, 0.5) is 0 Å². The van der Waals surface area contributed by atoms with E-state index in [1.54, 1.807) is 4.88 Å². The number of thioether (sulfide) groups is 1. The van der Waals surface area contributed by atoms with E-state index in [-0.39, 0.29) is 5.38 Å². The van der Waals surface area contributed by atoms with Crippen molar-refractivity contribution < 1.29 is 0 Å². The molecule has 0 saturated heterocycles. The molecule has 1 aromatic carbocycles. The van der Waals surface area contributed by atoms with Gasteiger partial charge in [-0.15, -0.1) is 22.9 Å². The minimum atomic E-state index is 0.113. The Balaban J connectivity index is 1.79. The van der Waals surface area contributed by atoms with Crippen LogP contribution in [0.2, 0.25) is 0 Å². The molecular weight excluding hydrogens is 292 g/mol. The van der Waals surface area contributed by atoms with Crippen LogP contribution in [-0.2, 0) is 18.6 Å². The lowest BCUT2D eigenvalue weighted by Gasteiger charge is -2.09. The molecule has 1 aromatic heterocycles. The fourth-order valence-electron chi connectivity index (χ4n) is 2.46. The molecule has 0 saturated carbocycles. The average Bonchev–Trinajstić information content (AvgIpc) is 2.85. The van der Waals surface area contributed by atoms with E-state index in [1.807, 2.05) is 23.1 Å². The van der Waals surface area contributed by atoms with Crippen LogP contribution >= 0.6 is 34.7 Å². The molecule has 100 valence electrons. The first-order valence-electron chi connectivity index (χ1n) is 6.62. The number of fused-ring (bicyclic) bond motifs is 1. The molecule has 3 rings (SSSR count). The largest absolute Gasteiger partial charge is 0.157 e. The van der Waals surface area contributed by atoms with E-state index >= 15 is 0 Å². The first-order valence-corrected chi connectivity index (χ1v) is 9.02. The van der Waals surface area contributed by atoms with E-state index in [0.29, 0.717) is 0 Å². The van der Waals surface area contributed by atoms with Crippen molar-refractivity contribution >= 4 is 34.7 Å². The summed E-state index contributed by atoms with van der Waals surface area (Å²) in [5.41, 5.74) is 4.22. The molecule has 1 aliphatic rings. The molecule has 0 nitrogen and oxygen atoms in total. The molecule has 2 aromatic rings. The van der Waals surface area contributed by atoms with Gasteiger partial charge >= 0.3 is 0 Å². The topological polar surface area (TPSA) is 0 Å². The van der Waals surface area contributed by atoms with Crippen molar-refractivity contribution in [2.75, 3.05) is 5.75 Å². The number of aryl methyl sites for hydroxylation is 2. The summed E-state index contributed by atoms with van der Waals surface area (Å²) in [5, 5.41) is 0.113. The highest BCUT2D eigenvalue weighted by atomic mass is 35.5. The second kappa shape index (κ2) is 5.90. The van der Waals surface area contributed by atoms with Gasteiger partial charge in [-0.1, -0.05) is 24.3 Å². The van der Waals surface area contributed by atoms with Crippen LogP contribution < -0.4 is 0 Å². The Bertz CT molecular complexity index is 550. The van der Waals surface area contributed by atoms with Crippen molar-refractivity contribution in [2.45, 2.75) is 30.9 Å². The fourth-order valence-corrected chi connectivity index (χ4v) is 5.17. The first-order chi connectivity index (χ1) is 9.24. The van der Waals surface area contributed by atoms with Crippen molar-refractivity contribution in [2.24, 2.45) is 0 Å².